The average molecular weight is 461 g/mol. The first-order valence-corrected chi connectivity index (χ1v) is 12.0. The largest absolute Gasteiger partial charge is 0.338 e. The Bertz CT molecular complexity index is 1310. The second-order valence-corrected chi connectivity index (χ2v) is 9.89. The van der Waals surface area contributed by atoms with Crippen molar-refractivity contribution < 1.29 is 18.4 Å². The fourth-order valence-corrected chi connectivity index (χ4v) is 5.20. The number of alkyl halides is 2. The molecule has 174 valence electrons. The Morgan fingerprint density at radius 3 is 2.53 bits per heavy atom. The SMILES string of the molecule is O=C(c1ccc2c(-c3ccc4c(c3)CN(CC3CC3)C4=O)cccc2c1)N1CCC(F)(F)CC1. The van der Waals surface area contributed by atoms with Crippen LogP contribution in [0.25, 0.3) is 21.9 Å². The molecule has 0 bridgehead atoms. The molecule has 1 aliphatic carbocycles. The van der Waals surface area contributed by atoms with E-state index in [1.165, 1.54) is 17.7 Å². The topological polar surface area (TPSA) is 40.6 Å². The molecule has 4 nitrogen and oxygen atoms in total. The minimum Gasteiger partial charge on any atom is -0.338 e. The Balaban J connectivity index is 1.28. The Hall–Kier alpha value is -3.28. The monoisotopic (exact) mass is 460 g/mol. The maximum Gasteiger partial charge on any atom is 0.254 e. The minimum atomic E-state index is -2.68. The lowest BCUT2D eigenvalue weighted by atomic mass is 9.94. The number of piperidine rings is 1. The number of hydrogen-bond donors (Lipinski definition) is 0. The van der Waals surface area contributed by atoms with E-state index in [-0.39, 0.29) is 37.7 Å². The Labute approximate surface area is 197 Å². The molecule has 0 N–H and O–H groups in total. The molecular weight excluding hydrogens is 434 g/mol. The number of nitrogens with zero attached hydrogens (tertiary/aromatic N) is 2. The highest BCUT2D eigenvalue weighted by Gasteiger charge is 2.36. The Morgan fingerprint density at radius 1 is 0.971 bits per heavy atom. The van der Waals surface area contributed by atoms with E-state index in [4.69, 9.17) is 0 Å². The molecule has 2 heterocycles. The van der Waals surface area contributed by atoms with Gasteiger partial charge in [0.05, 0.1) is 0 Å². The minimum absolute atomic E-state index is 0.0789. The summed E-state index contributed by atoms with van der Waals surface area (Å²) in [6.07, 6.45) is 1.87. The van der Waals surface area contributed by atoms with Crippen molar-refractivity contribution in [2.45, 2.75) is 38.2 Å². The maximum absolute atomic E-state index is 13.5. The summed E-state index contributed by atoms with van der Waals surface area (Å²) < 4.78 is 27.0. The molecule has 0 spiro atoms. The summed E-state index contributed by atoms with van der Waals surface area (Å²) in [6.45, 7) is 1.67. The summed E-state index contributed by atoms with van der Waals surface area (Å²) in [6, 6.07) is 17.6. The van der Waals surface area contributed by atoms with Crippen LogP contribution in [0.2, 0.25) is 0 Å². The van der Waals surface area contributed by atoms with Crippen molar-refractivity contribution in [3.8, 4) is 11.1 Å². The summed E-state index contributed by atoms with van der Waals surface area (Å²) in [4.78, 5) is 29.1. The highest BCUT2D eigenvalue weighted by molar-refractivity contribution is 6.04. The van der Waals surface area contributed by atoms with Crippen molar-refractivity contribution in [1.82, 2.24) is 9.80 Å². The van der Waals surface area contributed by atoms with Crippen LogP contribution >= 0.6 is 0 Å². The number of hydrogen-bond acceptors (Lipinski definition) is 2. The lowest BCUT2D eigenvalue weighted by Gasteiger charge is -2.31. The van der Waals surface area contributed by atoms with E-state index >= 15 is 0 Å². The van der Waals surface area contributed by atoms with Crippen LogP contribution in [-0.2, 0) is 6.54 Å². The van der Waals surface area contributed by atoms with E-state index in [2.05, 4.69) is 12.1 Å². The van der Waals surface area contributed by atoms with Crippen LogP contribution in [0.15, 0.2) is 54.6 Å². The Kier molecular flexibility index (Phi) is 4.94. The van der Waals surface area contributed by atoms with E-state index in [1.807, 2.05) is 41.3 Å². The van der Waals surface area contributed by atoms with Crippen LogP contribution in [0.4, 0.5) is 8.78 Å². The van der Waals surface area contributed by atoms with Gasteiger partial charge < -0.3 is 9.80 Å². The first-order chi connectivity index (χ1) is 16.4. The van der Waals surface area contributed by atoms with Crippen LogP contribution in [0, 0.1) is 5.92 Å². The molecule has 6 heteroatoms. The molecule has 34 heavy (non-hydrogen) atoms. The lowest BCUT2D eigenvalue weighted by molar-refractivity contribution is -0.0494. The van der Waals surface area contributed by atoms with Gasteiger partial charge in [0.2, 0.25) is 0 Å². The van der Waals surface area contributed by atoms with Crippen molar-refractivity contribution in [3.63, 3.8) is 0 Å². The fraction of sp³-hybridized carbons (Fsp3) is 0.357. The zero-order chi connectivity index (χ0) is 23.4. The molecule has 0 atom stereocenters. The van der Waals surface area contributed by atoms with Crippen LogP contribution in [-0.4, -0.2) is 47.2 Å². The van der Waals surface area contributed by atoms with Gasteiger partial charge in [0, 0.05) is 50.1 Å². The van der Waals surface area contributed by atoms with Gasteiger partial charge in [0.15, 0.2) is 0 Å². The normalized spacial score (nSPS) is 19.5. The number of halogens is 2. The number of likely N-dealkylation sites (tertiary alicyclic amines) is 1. The molecule has 0 unspecified atom stereocenters. The van der Waals surface area contributed by atoms with Gasteiger partial charge >= 0.3 is 0 Å². The van der Waals surface area contributed by atoms with Crippen LogP contribution in [0.5, 0.6) is 0 Å². The molecule has 1 saturated carbocycles. The number of amides is 2. The predicted molar refractivity (Wildman–Crippen MR) is 127 cm³/mol. The number of carbonyl (C=O) groups is 2. The lowest BCUT2D eigenvalue weighted by Crippen LogP contribution is -2.42. The zero-order valence-corrected chi connectivity index (χ0v) is 18.9. The molecular formula is C28H26F2N2O2. The fourth-order valence-electron chi connectivity index (χ4n) is 5.20. The third-order valence-electron chi connectivity index (χ3n) is 7.38. The average Bonchev–Trinajstić information content (AvgIpc) is 3.60. The second kappa shape index (κ2) is 7.90. The molecule has 6 rings (SSSR count). The Morgan fingerprint density at radius 2 is 1.76 bits per heavy atom. The first kappa shape index (κ1) is 21.3. The predicted octanol–water partition coefficient (Wildman–Crippen LogP) is 5.74. The van der Waals surface area contributed by atoms with E-state index in [9.17, 15) is 18.4 Å². The summed E-state index contributed by atoms with van der Waals surface area (Å²) in [5.74, 6) is -2.08. The number of fused-ring (bicyclic) bond motifs is 2. The molecule has 3 aliphatic rings. The van der Waals surface area contributed by atoms with Gasteiger partial charge in [0.25, 0.3) is 17.7 Å². The van der Waals surface area contributed by atoms with Gasteiger partial charge in [-0.15, -0.1) is 0 Å². The highest BCUT2D eigenvalue weighted by atomic mass is 19.3. The summed E-state index contributed by atoms with van der Waals surface area (Å²) in [5, 5.41) is 1.95. The van der Waals surface area contributed by atoms with Gasteiger partial charge in [-0.3, -0.25) is 9.59 Å². The number of rotatable bonds is 4. The van der Waals surface area contributed by atoms with Crippen molar-refractivity contribution in [2.75, 3.05) is 19.6 Å². The van der Waals surface area contributed by atoms with Crippen LogP contribution < -0.4 is 0 Å². The molecule has 2 amide bonds. The molecule has 0 radical (unpaired) electrons. The smallest absolute Gasteiger partial charge is 0.254 e. The summed E-state index contributed by atoms with van der Waals surface area (Å²) in [5.41, 5.74) is 4.47. The van der Waals surface area contributed by atoms with Gasteiger partial charge in [-0.1, -0.05) is 30.3 Å². The molecule has 2 aliphatic heterocycles. The third kappa shape index (κ3) is 3.85. The van der Waals surface area contributed by atoms with E-state index < -0.39 is 5.92 Å². The van der Waals surface area contributed by atoms with E-state index in [1.54, 1.807) is 6.07 Å². The molecule has 3 aromatic carbocycles. The van der Waals surface area contributed by atoms with Crippen molar-refractivity contribution in [1.29, 1.82) is 0 Å². The highest BCUT2D eigenvalue weighted by Crippen LogP contribution is 2.36. The summed E-state index contributed by atoms with van der Waals surface area (Å²) >= 11 is 0. The van der Waals surface area contributed by atoms with Crippen LogP contribution in [0.1, 0.15) is 52.0 Å². The van der Waals surface area contributed by atoms with Crippen molar-refractivity contribution in [2.24, 2.45) is 5.92 Å². The first-order valence-electron chi connectivity index (χ1n) is 12.0. The zero-order valence-electron chi connectivity index (χ0n) is 18.9. The molecule has 3 aromatic rings. The van der Waals surface area contributed by atoms with Crippen molar-refractivity contribution in [3.05, 3.63) is 71.3 Å². The van der Waals surface area contributed by atoms with Crippen molar-refractivity contribution >= 4 is 22.6 Å². The maximum atomic E-state index is 13.5. The third-order valence-corrected chi connectivity index (χ3v) is 7.38. The van der Waals surface area contributed by atoms with Gasteiger partial charge in [-0.2, -0.15) is 0 Å². The number of benzene rings is 3. The van der Waals surface area contributed by atoms with E-state index in [0.29, 0.717) is 18.0 Å². The van der Waals surface area contributed by atoms with Gasteiger partial charge in [0.1, 0.15) is 0 Å². The molecule has 1 saturated heterocycles. The standard InChI is InChI=1S/C28H26F2N2O2/c29-28(30)10-12-31(13-11-28)26(33)21-7-8-24-19(14-21)2-1-3-23(24)20-6-9-25-22(15-20)17-32(27(25)34)16-18-4-5-18/h1-3,6-9,14-15,18H,4-5,10-13,16-17H2. The summed E-state index contributed by atoms with van der Waals surface area (Å²) in [7, 11) is 0. The molecule has 2 fully saturated rings. The van der Waals surface area contributed by atoms with E-state index in [0.717, 1.165) is 39.6 Å². The number of carbonyl (C=O) groups excluding carboxylic acids is 2. The molecule has 0 aromatic heterocycles. The van der Waals surface area contributed by atoms with Gasteiger partial charge in [-0.05, 0) is 70.5 Å². The van der Waals surface area contributed by atoms with Gasteiger partial charge in [-0.25, -0.2) is 8.78 Å². The second-order valence-electron chi connectivity index (χ2n) is 9.89. The van der Waals surface area contributed by atoms with Crippen LogP contribution in [0.3, 0.4) is 0 Å². The quantitative estimate of drug-likeness (QED) is 0.498.